The maximum absolute atomic E-state index is 13.5. The first kappa shape index (κ1) is 23.0. The zero-order valence-corrected chi connectivity index (χ0v) is 19.6. The van der Waals surface area contributed by atoms with Crippen LogP contribution in [0.1, 0.15) is 35.3 Å². The van der Waals surface area contributed by atoms with Gasteiger partial charge in [-0.15, -0.1) is 11.3 Å². The minimum absolute atomic E-state index is 0.0692. The first-order valence-corrected chi connectivity index (χ1v) is 12.2. The normalized spacial score (nSPS) is 15.3. The Morgan fingerprint density at radius 2 is 1.77 bits per heavy atom. The molecule has 3 aromatic carbocycles. The fraction of sp³-hybridized carbons (Fsp3) is 0.222. The molecule has 4 N–H and O–H groups in total. The SMILES string of the molecule is NC(C(=O)c1cc(O)c2ccccc2c1OCc1csc(-c2ccccc2)n1)C1(C(=O)O)CCC1. The molecule has 7 nitrogen and oxygen atoms in total. The molecule has 5 rings (SSSR count). The van der Waals surface area contributed by atoms with E-state index < -0.39 is 23.2 Å². The van der Waals surface area contributed by atoms with Gasteiger partial charge in [0.25, 0.3) is 0 Å². The molecule has 1 aliphatic rings. The van der Waals surface area contributed by atoms with Crippen LogP contribution in [0.5, 0.6) is 11.5 Å². The lowest BCUT2D eigenvalue weighted by Gasteiger charge is -2.41. The Morgan fingerprint density at radius 3 is 2.43 bits per heavy atom. The number of rotatable bonds is 8. The van der Waals surface area contributed by atoms with Crippen LogP contribution < -0.4 is 10.5 Å². The van der Waals surface area contributed by atoms with Gasteiger partial charge in [0, 0.05) is 21.7 Å². The number of aromatic hydroxyl groups is 1. The number of nitrogens with two attached hydrogens (primary N) is 1. The van der Waals surface area contributed by atoms with Gasteiger partial charge < -0.3 is 20.7 Å². The van der Waals surface area contributed by atoms with E-state index in [9.17, 15) is 19.8 Å². The first-order valence-electron chi connectivity index (χ1n) is 11.3. The van der Waals surface area contributed by atoms with Gasteiger partial charge in [0.2, 0.25) is 0 Å². The molecule has 0 spiro atoms. The predicted octanol–water partition coefficient (Wildman–Crippen LogP) is 5.01. The van der Waals surface area contributed by atoms with Crippen molar-refractivity contribution < 1.29 is 24.5 Å². The number of phenolic OH excluding ortho intramolecular Hbond substituents is 1. The number of nitrogens with zero attached hydrogens (tertiary/aromatic N) is 1. The summed E-state index contributed by atoms with van der Waals surface area (Å²) in [4.78, 5) is 30.1. The summed E-state index contributed by atoms with van der Waals surface area (Å²) in [5.74, 6) is -1.48. The monoisotopic (exact) mass is 488 g/mol. The molecule has 1 heterocycles. The number of fused-ring (bicyclic) bond motifs is 1. The number of benzene rings is 3. The highest BCUT2D eigenvalue weighted by Crippen LogP contribution is 2.46. The van der Waals surface area contributed by atoms with Gasteiger partial charge in [-0.1, -0.05) is 61.0 Å². The van der Waals surface area contributed by atoms with Crippen molar-refractivity contribution in [3.63, 3.8) is 0 Å². The number of Topliss-reactive ketones (excluding diaryl/α,β-unsaturated/α-hetero) is 1. The molecule has 0 aliphatic heterocycles. The molecular weight excluding hydrogens is 464 g/mol. The average molecular weight is 489 g/mol. The number of aliphatic carboxylic acids is 1. The van der Waals surface area contributed by atoms with Crippen molar-refractivity contribution >= 4 is 33.9 Å². The highest BCUT2D eigenvalue weighted by Gasteiger charge is 2.52. The molecule has 1 fully saturated rings. The number of ether oxygens (including phenoxy) is 1. The van der Waals surface area contributed by atoms with Crippen LogP contribution in [0.2, 0.25) is 0 Å². The summed E-state index contributed by atoms with van der Waals surface area (Å²) in [5.41, 5.74) is 6.71. The average Bonchev–Trinajstić information content (AvgIpc) is 3.31. The minimum atomic E-state index is -1.30. The Labute approximate surface area is 205 Å². The third-order valence-electron chi connectivity index (χ3n) is 6.73. The van der Waals surface area contributed by atoms with Crippen molar-refractivity contribution in [3.8, 4) is 22.1 Å². The summed E-state index contributed by atoms with van der Waals surface area (Å²) < 4.78 is 6.15. The number of carboxylic acids is 1. The van der Waals surface area contributed by atoms with Crippen LogP contribution in [0, 0.1) is 5.41 Å². The number of ketones is 1. The van der Waals surface area contributed by atoms with Crippen LogP contribution >= 0.6 is 11.3 Å². The van der Waals surface area contributed by atoms with Crippen LogP contribution in [0.15, 0.2) is 66.0 Å². The number of hydrogen-bond donors (Lipinski definition) is 3. The van der Waals surface area contributed by atoms with E-state index in [0.717, 1.165) is 10.6 Å². The first-order chi connectivity index (χ1) is 16.9. The standard InChI is InChI=1S/C27H24N2O5S/c28-24(27(26(32)33)11-6-12-27)22(31)20-13-21(30)18-9-4-5-10-19(18)23(20)34-14-17-15-35-25(29-17)16-7-2-1-3-8-16/h1-5,7-10,13,15,24,30H,6,11-12,14,28H2,(H,32,33). The third-order valence-corrected chi connectivity index (χ3v) is 7.67. The third kappa shape index (κ3) is 4.05. The molecule has 4 aromatic rings. The van der Waals surface area contributed by atoms with E-state index in [1.807, 2.05) is 35.7 Å². The fourth-order valence-electron chi connectivity index (χ4n) is 4.53. The molecular formula is C27H24N2O5S. The summed E-state index contributed by atoms with van der Waals surface area (Å²) in [6.07, 6.45) is 1.38. The number of aromatic nitrogens is 1. The second kappa shape index (κ2) is 9.13. The lowest BCUT2D eigenvalue weighted by molar-refractivity contribution is -0.155. The van der Waals surface area contributed by atoms with Gasteiger partial charge in [0.05, 0.1) is 22.7 Å². The van der Waals surface area contributed by atoms with Gasteiger partial charge in [-0.3, -0.25) is 9.59 Å². The van der Waals surface area contributed by atoms with Gasteiger partial charge >= 0.3 is 5.97 Å². The Balaban J connectivity index is 1.50. The Bertz CT molecular complexity index is 1410. The number of carbonyl (C=O) groups is 2. The van der Waals surface area contributed by atoms with Gasteiger partial charge in [0.1, 0.15) is 23.1 Å². The molecule has 35 heavy (non-hydrogen) atoms. The molecule has 1 saturated carbocycles. The van der Waals surface area contributed by atoms with Gasteiger partial charge in [-0.05, 0) is 18.9 Å². The Morgan fingerprint density at radius 1 is 1.09 bits per heavy atom. The topological polar surface area (TPSA) is 123 Å². The van der Waals surface area contributed by atoms with Crippen LogP contribution in [0.4, 0.5) is 0 Å². The number of thiazole rings is 1. The van der Waals surface area contributed by atoms with E-state index in [-0.39, 0.29) is 23.7 Å². The molecule has 1 aliphatic carbocycles. The highest BCUT2D eigenvalue weighted by atomic mass is 32.1. The predicted molar refractivity (Wildman–Crippen MR) is 134 cm³/mol. The summed E-state index contributed by atoms with van der Waals surface area (Å²) in [7, 11) is 0. The van der Waals surface area contributed by atoms with E-state index in [1.54, 1.807) is 24.3 Å². The van der Waals surface area contributed by atoms with E-state index in [4.69, 9.17) is 10.5 Å². The van der Waals surface area contributed by atoms with Crippen molar-refractivity contribution in [1.29, 1.82) is 0 Å². The van der Waals surface area contributed by atoms with E-state index in [2.05, 4.69) is 4.98 Å². The van der Waals surface area contributed by atoms with Gasteiger partial charge in [-0.2, -0.15) is 0 Å². The largest absolute Gasteiger partial charge is 0.507 e. The van der Waals surface area contributed by atoms with E-state index in [1.165, 1.54) is 17.4 Å². The van der Waals surface area contributed by atoms with Crippen molar-refractivity contribution in [2.24, 2.45) is 11.1 Å². The molecule has 1 atom stereocenters. The van der Waals surface area contributed by atoms with Crippen molar-refractivity contribution in [1.82, 2.24) is 4.98 Å². The maximum Gasteiger partial charge on any atom is 0.311 e. The molecule has 0 amide bonds. The maximum atomic E-state index is 13.5. The molecule has 8 heteroatoms. The summed E-state index contributed by atoms with van der Waals surface area (Å²) in [5, 5.41) is 24.2. The molecule has 1 aromatic heterocycles. The minimum Gasteiger partial charge on any atom is -0.507 e. The number of carbonyl (C=O) groups excluding carboxylic acids is 1. The summed E-state index contributed by atoms with van der Waals surface area (Å²) >= 11 is 1.49. The van der Waals surface area contributed by atoms with Crippen LogP contribution in [0.3, 0.4) is 0 Å². The quantitative estimate of drug-likeness (QED) is 0.298. The summed E-state index contributed by atoms with van der Waals surface area (Å²) in [6, 6.07) is 16.9. The zero-order chi connectivity index (χ0) is 24.6. The zero-order valence-electron chi connectivity index (χ0n) is 18.8. The van der Waals surface area contributed by atoms with Crippen molar-refractivity contribution in [2.75, 3.05) is 0 Å². The van der Waals surface area contributed by atoms with Gasteiger partial charge in [0.15, 0.2) is 5.78 Å². The van der Waals surface area contributed by atoms with Crippen LogP contribution in [-0.2, 0) is 11.4 Å². The molecule has 178 valence electrons. The van der Waals surface area contributed by atoms with Crippen LogP contribution in [-0.4, -0.2) is 33.0 Å². The van der Waals surface area contributed by atoms with Crippen LogP contribution in [0.25, 0.3) is 21.3 Å². The number of hydrogen-bond acceptors (Lipinski definition) is 7. The highest BCUT2D eigenvalue weighted by molar-refractivity contribution is 7.13. The smallest absolute Gasteiger partial charge is 0.311 e. The molecule has 0 bridgehead atoms. The second-order valence-corrected chi connectivity index (χ2v) is 9.63. The van der Waals surface area contributed by atoms with E-state index in [0.29, 0.717) is 35.7 Å². The fourth-order valence-corrected chi connectivity index (χ4v) is 5.35. The van der Waals surface area contributed by atoms with Crippen molar-refractivity contribution in [2.45, 2.75) is 31.9 Å². The lowest BCUT2D eigenvalue weighted by atomic mass is 9.62. The van der Waals surface area contributed by atoms with Crippen molar-refractivity contribution in [3.05, 3.63) is 77.3 Å². The summed E-state index contributed by atoms with van der Waals surface area (Å²) in [6.45, 7) is 0.0949. The van der Waals surface area contributed by atoms with E-state index >= 15 is 0 Å². The molecule has 1 unspecified atom stereocenters. The molecule has 0 saturated heterocycles. The lowest BCUT2D eigenvalue weighted by Crippen LogP contribution is -2.56. The Kier molecular flexibility index (Phi) is 6.00. The number of phenols is 1. The molecule has 0 radical (unpaired) electrons. The van der Waals surface area contributed by atoms with Gasteiger partial charge in [-0.25, -0.2) is 4.98 Å². The number of carboxylic acid groups (broad SMARTS) is 1. The second-order valence-electron chi connectivity index (χ2n) is 8.77. The Hall–Kier alpha value is -3.75.